The second-order valence-corrected chi connectivity index (χ2v) is 5.70. The number of carbonyl (C=O) groups excluding carboxylic acids is 1. The molecule has 1 aliphatic carbocycles. The van der Waals surface area contributed by atoms with E-state index < -0.39 is 18.1 Å². The topological polar surface area (TPSA) is 52.9 Å². The molecule has 1 N–H and O–H groups in total. The number of carbonyl (C=O) groups is 1. The van der Waals surface area contributed by atoms with E-state index in [-0.39, 0.29) is 18.3 Å². The Morgan fingerprint density at radius 1 is 1.43 bits per heavy atom. The molecule has 112 valence electrons. The Balaban J connectivity index is 1.77. The van der Waals surface area contributed by atoms with Crippen LogP contribution in [0.15, 0.2) is 35.4 Å². The van der Waals surface area contributed by atoms with E-state index in [0.29, 0.717) is 17.1 Å². The first-order valence-corrected chi connectivity index (χ1v) is 6.87. The summed E-state index contributed by atoms with van der Waals surface area (Å²) in [4.78, 5) is 12.4. The van der Waals surface area contributed by atoms with Gasteiger partial charge in [0, 0.05) is 18.1 Å². The molecule has 0 radical (unpaired) electrons. The molecule has 1 amide bonds. The number of rotatable bonds is 3. The number of alkyl halides is 2. The van der Waals surface area contributed by atoms with Gasteiger partial charge in [-0.15, -0.1) is 0 Å². The molecule has 1 aromatic carbocycles. The number of benzene rings is 1. The van der Waals surface area contributed by atoms with E-state index in [1.165, 1.54) is 6.92 Å². The van der Waals surface area contributed by atoms with E-state index in [4.69, 9.17) is 0 Å². The maximum absolute atomic E-state index is 13.1. The molecule has 1 aliphatic heterocycles. The van der Waals surface area contributed by atoms with Gasteiger partial charge in [-0.2, -0.15) is 10.1 Å². The van der Waals surface area contributed by atoms with Gasteiger partial charge in [-0.05, 0) is 24.8 Å². The molecule has 2 aliphatic rings. The fraction of sp³-hybridized carbons (Fsp3) is 0.467. The van der Waals surface area contributed by atoms with E-state index in [1.807, 2.05) is 30.3 Å². The Morgan fingerprint density at radius 3 is 2.71 bits per heavy atom. The van der Waals surface area contributed by atoms with Crippen molar-refractivity contribution in [1.29, 1.82) is 0 Å². The molecule has 1 fully saturated rings. The van der Waals surface area contributed by atoms with Gasteiger partial charge in [-0.3, -0.25) is 4.79 Å². The lowest BCUT2D eigenvalue weighted by atomic mass is 10.1. The summed E-state index contributed by atoms with van der Waals surface area (Å²) in [6.45, 7) is 1.53. The molecule has 0 saturated heterocycles. The van der Waals surface area contributed by atoms with Gasteiger partial charge < -0.3 is 5.11 Å². The third kappa shape index (κ3) is 2.33. The summed E-state index contributed by atoms with van der Waals surface area (Å²) < 4.78 is 26.2. The number of hydrogen-bond acceptors (Lipinski definition) is 3. The molecular weight excluding hydrogens is 278 g/mol. The predicted octanol–water partition coefficient (Wildman–Crippen LogP) is 2.35. The number of halogens is 2. The van der Waals surface area contributed by atoms with E-state index in [1.54, 1.807) is 0 Å². The number of hydrazone groups is 1. The van der Waals surface area contributed by atoms with Gasteiger partial charge in [0.25, 0.3) is 6.43 Å². The zero-order chi connectivity index (χ0) is 15.2. The van der Waals surface area contributed by atoms with E-state index in [2.05, 4.69) is 5.10 Å². The monoisotopic (exact) mass is 294 g/mol. The first-order valence-electron chi connectivity index (χ1n) is 6.87. The fourth-order valence-corrected chi connectivity index (χ4v) is 2.85. The standard InChI is InChI=1S/C15H16F2N2O2/c1-9-8-15(21,14(16)17)19(18-9)13(20)12-7-11(12)10-5-3-2-4-6-10/h2-6,11-12,14,21H,7-8H2,1H3/t11-,12+,15+/m1/s1. The lowest BCUT2D eigenvalue weighted by molar-refractivity contribution is -0.193. The first-order chi connectivity index (χ1) is 9.93. The van der Waals surface area contributed by atoms with Gasteiger partial charge in [0.15, 0.2) is 0 Å². The van der Waals surface area contributed by atoms with Gasteiger partial charge in [0.2, 0.25) is 11.6 Å². The molecule has 4 nitrogen and oxygen atoms in total. The van der Waals surface area contributed by atoms with Crippen molar-refractivity contribution in [3.05, 3.63) is 35.9 Å². The smallest absolute Gasteiger partial charge is 0.287 e. The van der Waals surface area contributed by atoms with Crippen LogP contribution in [0.3, 0.4) is 0 Å². The van der Waals surface area contributed by atoms with Crippen molar-refractivity contribution in [2.45, 2.75) is 37.8 Å². The zero-order valence-electron chi connectivity index (χ0n) is 11.5. The molecule has 21 heavy (non-hydrogen) atoms. The summed E-state index contributed by atoms with van der Waals surface area (Å²) in [5.74, 6) is -0.882. The molecule has 3 atom stereocenters. The van der Waals surface area contributed by atoms with Crippen molar-refractivity contribution in [1.82, 2.24) is 5.01 Å². The van der Waals surface area contributed by atoms with Gasteiger partial charge in [0.1, 0.15) is 0 Å². The van der Waals surface area contributed by atoms with Crippen LogP contribution in [0.5, 0.6) is 0 Å². The lowest BCUT2D eigenvalue weighted by Crippen LogP contribution is -2.52. The second-order valence-electron chi connectivity index (χ2n) is 5.70. The molecule has 1 aromatic rings. The van der Waals surface area contributed by atoms with Crippen LogP contribution in [0.2, 0.25) is 0 Å². The molecule has 0 spiro atoms. The van der Waals surface area contributed by atoms with Crippen LogP contribution < -0.4 is 0 Å². The highest BCUT2D eigenvalue weighted by Crippen LogP contribution is 2.50. The summed E-state index contributed by atoms with van der Waals surface area (Å²) in [5.41, 5.74) is -1.15. The van der Waals surface area contributed by atoms with E-state index >= 15 is 0 Å². The van der Waals surface area contributed by atoms with Crippen molar-refractivity contribution in [3.8, 4) is 0 Å². The summed E-state index contributed by atoms with van der Waals surface area (Å²) in [5, 5.41) is 14.5. The molecule has 6 heteroatoms. The van der Waals surface area contributed by atoms with Crippen molar-refractivity contribution in [2.24, 2.45) is 11.0 Å². The van der Waals surface area contributed by atoms with Crippen molar-refractivity contribution >= 4 is 11.6 Å². The quantitative estimate of drug-likeness (QED) is 0.930. The third-order valence-corrected chi connectivity index (χ3v) is 4.05. The summed E-state index contributed by atoms with van der Waals surface area (Å²) in [6, 6.07) is 9.46. The minimum absolute atomic E-state index is 0.0247. The van der Waals surface area contributed by atoms with Crippen LogP contribution in [0, 0.1) is 5.92 Å². The molecular formula is C15H16F2N2O2. The average Bonchev–Trinajstić information content (AvgIpc) is 3.19. The van der Waals surface area contributed by atoms with Gasteiger partial charge in [-0.1, -0.05) is 30.3 Å². The Hall–Kier alpha value is -1.82. The summed E-state index contributed by atoms with van der Waals surface area (Å²) >= 11 is 0. The van der Waals surface area contributed by atoms with Crippen LogP contribution >= 0.6 is 0 Å². The zero-order valence-corrected chi connectivity index (χ0v) is 11.5. The van der Waals surface area contributed by atoms with Crippen molar-refractivity contribution in [3.63, 3.8) is 0 Å². The van der Waals surface area contributed by atoms with Gasteiger partial charge in [-0.25, -0.2) is 8.78 Å². The molecule has 0 bridgehead atoms. The first kappa shape index (κ1) is 14.1. The molecule has 1 heterocycles. The van der Waals surface area contributed by atoms with Crippen molar-refractivity contribution < 1.29 is 18.7 Å². The van der Waals surface area contributed by atoms with Gasteiger partial charge >= 0.3 is 0 Å². The summed E-state index contributed by atoms with van der Waals surface area (Å²) in [6.07, 6.45) is -2.75. The highest BCUT2D eigenvalue weighted by molar-refractivity contribution is 5.91. The maximum atomic E-state index is 13.1. The Labute approximate surface area is 121 Å². The maximum Gasteiger partial charge on any atom is 0.287 e. The number of aliphatic hydroxyl groups is 1. The van der Waals surface area contributed by atoms with Crippen molar-refractivity contribution in [2.75, 3.05) is 0 Å². The summed E-state index contributed by atoms with van der Waals surface area (Å²) in [7, 11) is 0. The van der Waals surface area contributed by atoms with E-state index in [9.17, 15) is 18.7 Å². The molecule has 0 unspecified atom stereocenters. The Kier molecular flexibility index (Phi) is 3.28. The second kappa shape index (κ2) is 4.87. The normalized spacial score (nSPS) is 31.5. The van der Waals surface area contributed by atoms with E-state index in [0.717, 1.165) is 5.56 Å². The molecule has 1 saturated carbocycles. The largest absolute Gasteiger partial charge is 0.364 e. The molecule has 3 rings (SSSR count). The van der Waals surface area contributed by atoms with Gasteiger partial charge in [0.05, 0.1) is 0 Å². The Bertz CT molecular complexity index is 591. The van der Waals surface area contributed by atoms with Crippen LogP contribution in [-0.4, -0.2) is 33.9 Å². The predicted molar refractivity (Wildman–Crippen MR) is 72.8 cm³/mol. The number of amides is 1. The highest BCUT2D eigenvalue weighted by atomic mass is 19.3. The minimum atomic E-state index is -3.04. The Morgan fingerprint density at radius 2 is 2.10 bits per heavy atom. The highest BCUT2D eigenvalue weighted by Gasteiger charge is 2.56. The molecule has 0 aromatic heterocycles. The SMILES string of the molecule is CC1=NN(C(=O)[C@H]2C[C@@H]2c2ccccc2)[C@@](O)(C(F)F)C1. The number of nitrogens with zero attached hydrogens (tertiary/aromatic N) is 2. The number of hydrogen-bond donors (Lipinski definition) is 1. The lowest BCUT2D eigenvalue weighted by Gasteiger charge is -2.30. The van der Waals surface area contributed by atoms with Crippen LogP contribution in [-0.2, 0) is 4.79 Å². The van der Waals surface area contributed by atoms with Crippen LogP contribution in [0.4, 0.5) is 8.78 Å². The third-order valence-electron chi connectivity index (χ3n) is 4.05. The van der Waals surface area contributed by atoms with Crippen LogP contribution in [0.1, 0.15) is 31.2 Å². The van der Waals surface area contributed by atoms with Crippen LogP contribution in [0.25, 0.3) is 0 Å². The average molecular weight is 294 g/mol. The minimum Gasteiger partial charge on any atom is -0.364 e. The fourth-order valence-electron chi connectivity index (χ4n) is 2.85.